The Bertz CT molecular complexity index is 1120. The highest BCUT2D eigenvalue weighted by molar-refractivity contribution is 7.89. The third kappa shape index (κ3) is 5.71. The summed E-state index contributed by atoms with van der Waals surface area (Å²) in [5.41, 5.74) is 2.24. The van der Waals surface area contributed by atoms with Crippen LogP contribution in [0.2, 0.25) is 0 Å². The fourth-order valence-corrected chi connectivity index (χ4v) is 4.52. The largest absolute Gasteiger partial charge is 0.495 e. The van der Waals surface area contributed by atoms with Gasteiger partial charge in [-0.05, 0) is 35.7 Å². The zero-order chi connectivity index (χ0) is 22.3. The van der Waals surface area contributed by atoms with Crippen molar-refractivity contribution in [3.8, 4) is 5.75 Å². The zero-order valence-electron chi connectivity index (χ0n) is 17.6. The van der Waals surface area contributed by atoms with Crippen molar-refractivity contribution in [3.05, 3.63) is 95.6 Å². The van der Waals surface area contributed by atoms with Gasteiger partial charge in [-0.15, -0.1) is 0 Å². The molecule has 1 amide bonds. The molecule has 0 heterocycles. The van der Waals surface area contributed by atoms with E-state index < -0.39 is 10.0 Å². The van der Waals surface area contributed by atoms with Crippen molar-refractivity contribution < 1.29 is 17.9 Å². The number of nitrogens with one attached hydrogen (secondary N) is 1. The predicted octanol–water partition coefficient (Wildman–Crippen LogP) is 3.49. The van der Waals surface area contributed by atoms with Crippen LogP contribution in [0.15, 0.2) is 83.8 Å². The second-order valence-corrected chi connectivity index (χ2v) is 9.12. The molecule has 3 aromatic carbocycles. The number of amides is 1. The lowest BCUT2D eigenvalue weighted by molar-refractivity contribution is 0.0954. The summed E-state index contributed by atoms with van der Waals surface area (Å²) >= 11 is 0. The third-order valence-electron chi connectivity index (χ3n) is 4.90. The molecule has 0 aromatic heterocycles. The number of benzene rings is 3. The molecule has 0 aliphatic rings. The molecule has 0 saturated carbocycles. The van der Waals surface area contributed by atoms with Gasteiger partial charge in [-0.3, -0.25) is 4.79 Å². The molecule has 3 aromatic rings. The Morgan fingerprint density at radius 2 is 1.55 bits per heavy atom. The van der Waals surface area contributed by atoms with E-state index in [1.165, 1.54) is 30.6 Å². The van der Waals surface area contributed by atoms with Gasteiger partial charge in [-0.25, -0.2) is 8.42 Å². The SMILES string of the molecule is COc1ccc(C(=O)NCCc2ccccc2)cc1S(=O)(=O)N(C)Cc1ccccc1. The van der Waals surface area contributed by atoms with Crippen LogP contribution in [-0.2, 0) is 23.0 Å². The summed E-state index contributed by atoms with van der Waals surface area (Å²) in [6.07, 6.45) is 0.688. The van der Waals surface area contributed by atoms with E-state index in [1.54, 1.807) is 6.07 Å². The van der Waals surface area contributed by atoms with Crippen LogP contribution in [0.1, 0.15) is 21.5 Å². The quantitative estimate of drug-likeness (QED) is 0.555. The van der Waals surface area contributed by atoms with Crippen molar-refractivity contribution in [2.24, 2.45) is 0 Å². The molecule has 6 nitrogen and oxygen atoms in total. The maximum Gasteiger partial charge on any atom is 0.251 e. The molecule has 1 N–H and O–H groups in total. The molecule has 0 aliphatic heterocycles. The first-order valence-electron chi connectivity index (χ1n) is 9.92. The summed E-state index contributed by atoms with van der Waals surface area (Å²) < 4.78 is 32.9. The Morgan fingerprint density at radius 1 is 0.935 bits per heavy atom. The number of ether oxygens (including phenoxy) is 1. The highest BCUT2D eigenvalue weighted by Gasteiger charge is 2.26. The molecule has 0 atom stereocenters. The van der Waals surface area contributed by atoms with Crippen molar-refractivity contribution in [2.45, 2.75) is 17.9 Å². The highest BCUT2D eigenvalue weighted by Crippen LogP contribution is 2.28. The Balaban J connectivity index is 1.76. The Kier molecular flexibility index (Phi) is 7.44. The van der Waals surface area contributed by atoms with Crippen molar-refractivity contribution in [1.82, 2.24) is 9.62 Å². The van der Waals surface area contributed by atoms with Crippen LogP contribution < -0.4 is 10.1 Å². The Labute approximate surface area is 183 Å². The number of carbonyl (C=O) groups is 1. The fraction of sp³-hybridized carbons (Fsp3) is 0.208. The third-order valence-corrected chi connectivity index (χ3v) is 6.73. The number of sulfonamides is 1. The topological polar surface area (TPSA) is 75.7 Å². The van der Waals surface area contributed by atoms with Gasteiger partial charge in [0, 0.05) is 25.7 Å². The second-order valence-electron chi connectivity index (χ2n) is 7.10. The second kappa shape index (κ2) is 10.2. The van der Waals surface area contributed by atoms with Crippen LogP contribution in [-0.4, -0.2) is 39.3 Å². The van der Waals surface area contributed by atoms with E-state index >= 15 is 0 Å². The van der Waals surface area contributed by atoms with Gasteiger partial charge in [-0.2, -0.15) is 4.31 Å². The number of nitrogens with zero attached hydrogens (tertiary/aromatic N) is 1. The van der Waals surface area contributed by atoms with Crippen molar-refractivity contribution >= 4 is 15.9 Å². The average molecular weight is 439 g/mol. The van der Waals surface area contributed by atoms with Crippen molar-refractivity contribution in [2.75, 3.05) is 20.7 Å². The molecular formula is C24H26N2O4S. The molecule has 0 spiro atoms. The summed E-state index contributed by atoms with van der Waals surface area (Å²) in [6.45, 7) is 0.657. The normalized spacial score (nSPS) is 11.3. The molecule has 162 valence electrons. The summed E-state index contributed by atoms with van der Waals surface area (Å²) in [4.78, 5) is 12.6. The van der Waals surface area contributed by atoms with Crippen LogP contribution in [0, 0.1) is 0 Å². The van der Waals surface area contributed by atoms with E-state index in [0.717, 1.165) is 11.1 Å². The van der Waals surface area contributed by atoms with Gasteiger partial charge in [0.15, 0.2) is 0 Å². The molecule has 0 bridgehead atoms. The smallest absolute Gasteiger partial charge is 0.251 e. The molecule has 7 heteroatoms. The van der Waals surface area contributed by atoms with Crippen LogP contribution >= 0.6 is 0 Å². The summed E-state index contributed by atoms with van der Waals surface area (Å²) in [6, 6.07) is 23.6. The van der Waals surface area contributed by atoms with Crippen molar-refractivity contribution in [3.63, 3.8) is 0 Å². The molecule has 0 unspecified atom stereocenters. The lowest BCUT2D eigenvalue weighted by Gasteiger charge is -2.19. The highest BCUT2D eigenvalue weighted by atomic mass is 32.2. The fourth-order valence-electron chi connectivity index (χ4n) is 3.18. The van der Waals surface area contributed by atoms with Gasteiger partial charge in [0.25, 0.3) is 5.91 Å². The van der Waals surface area contributed by atoms with Crippen LogP contribution in [0.4, 0.5) is 0 Å². The molecule has 3 rings (SSSR count). The van der Waals surface area contributed by atoms with E-state index in [2.05, 4.69) is 5.32 Å². The van der Waals surface area contributed by atoms with Crippen LogP contribution in [0.3, 0.4) is 0 Å². The van der Waals surface area contributed by atoms with E-state index in [4.69, 9.17) is 4.74 Å². The maximum absolute atomic E-state index is 13.2. The number of methoxy groups -OCH3 is 1. The Morgan fingerprint density at radius 3 is 2.16 bits per heavy atom. The van der Waals surface area contributed by atoms with Gasteiger partial charge in [0.2, 0.25) is 10.0 Å². The first kappa shape index (κ1) is 22.5. The molecule has 0 fully saturated rings. The predicted molar refractivity (Wildman–Crippen MR) is 121 cm³/mol. The van der Waals surface area contributed by atoms with E-state index in [1.807, 2.05) is 60.7 Å². The zero-order valence-corrected chi connectivity index (χ0v) is 18.4. The number of hydrogen-bond acceptors (Lipinski definition) is 4. The molecular weight excluding hydrogens is 412 g/mol. The number of rotatable bonds is 9. The standard InChI is InChI=1S/C24H26N2O4S/c1-26(18-20-11-7-4-8-12-20)31(28,29)23-17-21(13-14-22(23)30-2)24(27)25-16-15-19-9-5-3-6-10-19/h3-14,17H,15-16,18H2,1-2H3,(H,25,27). The molecule has 0 saturated heterocycles. The van der Waals surface area contributed by atoms with Gasteiger partial charge < -0.3 is 10.1 Å². The first-order valence-corrected chi connectivity index (χ1v) is 11.4. The van der Waals surface area contributed by atoms with Crippen LogP contribution in [0.25, 0.3) is 0 Å². The van der Waals surface area contributed by atoms with Crippen molar-refractivity contribution in [1.29, 1.82) is 0 Å². The van der Waals surface area contributed by atoms with E-state index in [-0.39, 0.29) is 28.7 Å². The van der Waals surface area contributed by atoms with Gasteiger partial charge in [0.1, 0.15) is 10.6 Å². The summed E-state index contributed by atoms with van der Waals surface area (Å²) in [5, 5.41) is 2.84. The van der Waals surface area contributed by atoms with Gasteiger partial charge >= 0.3 is 0 Å². The summed E-state index contributed by atoms with van der Waals surface area (Å²) in [7, 11) is -0.955. The van der Waals surface area contributed by atoms with E-state index in [9.17, 15) is 13.2 Å². The average Bonchev–Trinajstić information content (AvgIpc) is 2.80. The lowest BCUT2D eigenvalue weighted by Crippen LogP contribution is -2.28. The maximum atomic E-state index is 13.2. The van der Waals surface area contributed by atoms with Crippen LogP contribution in [0.5, 0.6) is 5.75 Å². The number of carbonyl (C=O) groups excluding carboxylic acids is 1. The molecule has 0 radical (unpaired) electrons. The Hall–Kier alpha value is -3.16. The molecule has 0 aliphatic carbocycles. The number of hydrogen-bond donors (Lipinski definition) is 1. The van der Waals surface area contributed by atoms with E-state index in [0.29, 0.717) is 13.0 Å². The minimum atomic E-state index is -3.87. The molecule has 31 heavy (non-hydrogen) atoms. The van der Waals surface area contributed by atoms with Gasteiger partial charge in [0.05, 0.1) is 7.11 Å². The lowest BCUT2D eigenvalue weighted by atomic mass is 10.1. The minimum Gasteiger partial charge on any atom is -0.495 e. The summed E-state index contributed by atoms with van der Waals surface area (Å²) in [5.74, 6) is -0.138. The monoisotopic (exact) mass is 438 g/mol. The van der Waals surface area contributed by atoms with Gasteiger partial charge in [-0.1, -0.05) is 60.7 Å². The minimum absolute atomic E-state index is 0.0378. The first-order chi connectivity index (χ1) is 14.9.